The molecule has 2 atom stereocenters. The number of nitro groups is 1. The van der Waals surface area contributed by atoms with Crippen LogP contribution in [0.1, 0.15) is 19.4 Å². The fourth-order valence-corrected chi connectivity index (χ4v) is 1.84. The van der Waals surface area contributed by atoms with Crippen LogP contribution in [-0.4, -0.2) is 39.2 Å². The zero-order valence-electron chi connectivity index (χ0n) is 16.8. The van der Waals surface area contributed by atoms with Gasteiger partial charge < -0.3 is 27.4 Å². The summed E-state index contributed by atoms with van der Waals surface area (Å²) in [6.07, 6.45) is 0.385. The van der Waals surface area contributed by atoms with Crippen molar-refractivity contribution in [2.24, 2.45) is 17.4 Å². The molecule has 0 saturated carbocycles. The number of nitrogen functional groups attached to an aromatic ring is 1. The molecule has 0 saturated heterocycles. The second kappa shape index (κ2) is 13.6. The lowest BCUT2D eigenvalue weighted by Gasteiger charge is -2.07. The predicted molar refractivity (Wildman–Crippen MR) is 114 cm³/mol. The maximum Gasteiger partial charge on any atom is 0.320 e. The van der Waals surface area contributed by atoms with Crippen LogP contribution in [0.2, 0.25) is 0 Å². The molecule has 10 heteroatoms. The van der Waals surface area contributed by atoms with Crippen molar-refractivity contribution in [3.05, 3.63) is 70.3 Å². The van der Waals surface area contributed by atoms with Crippen LogP contribution < -0.4 is 17.2 Å². The molecule has 0 bridgehead atoms. The molecule has 0 amide bonds. The van der Waals surface area contributed by atoms with Crippen LogP contribution in [0, 0.1) is 16.0 Å². The fraction of sp³-hybridized carbons (Fsp3) is 0.300. The number of non-ortho nitro benzene ring substituents is 1. The summed E-state index contributed by atoms with van der Waals surface area (Å²) in [6.45, 7) is 3.55. The Kier molecular flexibility index (Phi) is 12.0. The van der Waals surface area contributed by atoms with Crippen molar-refractivity contribution in [2.45, 2.75) is 32.4 Å². The van der Waals surface area contributed by atoms with E-state index in [4.69, 9.17) is 27.4 Å². The lowest BCUT2D eigenvalue weighted by Crippen LogP contribution is -2.34. The van der Waals surface area contributed by atoms with Crippen molar-refractivity contribution in [1.29, 1.82) is 0 Å². The Bertz CT molecular complexity index is 797. The van der Waals surface area contributed by atoms with E-state index in [1.165, 1.54) is 24.3 Å². The van der Waals surface area contributed by atoms with Gasteiger partial charge in [0.25, 0.3) is 5.69 Å². The molecule has 0 radical (unpaired) electrons. The standard InChI is InChI=1S/C9H11NO2.C6H6N2O2.C5H11NO2/c10-8(9(11)12)6-7-4-2-1-3-5-7;7-5-1-3-6(4-2-5)8(9)10;1-3(2)4(6)5(7)8/h1-5,8H,6,10H2,(H,11,12);1-4H,7H2;3-4H,6H2,1-2H3,(H,7,8). The maximum absolute atomic E-state index is 10.4. The van der Waals surface area contributed by atoms with Crippen molar-refractivity contribution in [1.82, 2.24) is 0 Å². The Hall–Kier alpha value is -3.50. The second-order valence-electron chi connectivity index (χ2n) is 6.59. The number of nitro benzene ring substituents is 1. The number of rotatable bonds is 6. The number of aliphatic carboxylic acids is 2. The topological polar surface area (TPSA) is 196 Å². The smallest absolute Gasteiger partial charge is 0.320 e. The summed E-state index contributed by atoms with van der Waals surface area (Å²) in [7, 11) is 0. The summed E-state index contributed by atoms with van der Waals surface area (Å²) in [6, 6.07) is 13.6. The number of nitrogens with zero attached hydrogens (tertiary/aromatic N) is 1. The molecule has 10 nitrogen and oxygen atoms in total. The SMILES string of the molecule is CC(C)C(N)C(=O)O.NC(Cc1ccccc1)C(=O)O.Nc1ccc([N+](=O)[O-])cc1. The molecular formula is C20H28N4O6. The lowest BCUT2D eigenvalue weighted by atomic mass is 10.1. The Balaban J connectivity index is 0.000000431. The number of hydrogen-bond donors (Lipinski definition) is 5. The normalized spacial score (nSPS) is 11.8. The van der Waals surface area contributed by atoms with Gasteiger partial charge in [-0.15, -0.1) is 0 Å². The van der Waals surface area contributed by atoms with Gasteiger partial charge in [-0.25, -0.2) is 0 Å². The summed E-state index contributed by atoms with van der Waals surface area (Å²) in [5.74, 6) is -1.87. The molecule has 2 unspecified atom stereocenters. The largest absolute Gasteiger partial charge is 0.480 e. The van der Waals surface area contributed by atoms with Gasteiger partial charge in [-0.1, -0.05) is 44.2 Å². The third kappa shape index (κ3) is 11.4. The molecule has 8 N–H and O–H groups in total. The molecule has 30 heavy (non-hydrogen) atoms. The molecule has 164 valence electrons. The van der Waals surface area contributed by atoms with Crippen LogP contribution >= 0.6 is 0 Å². The van der Waals surface area contributed by atoms with Gasteiger partial charge in [0.15, 0.2) is 0 Å². The molecule has 0 heterocycles. The zero-order chi connectivity index (χ0) is 23.3. The first-order chi connectivity index (χ1) is 14.0. The fourth-order valence-electron chi connectivity index (χ4n) is 1.84. The molecule has 0 aliphatic heterocycles. The average Bonchev–Trinajstić information content (AvgIpc) is 2.69. The highest BCUT2D eigenvalue weighted by Crippen LogP contribution is 2.12. The van der Waals surface area contributed by atoms with Gasteiger partial charge in [0, 0.05) is 17.8 Å². The van der Waals surface area contributed by atoms with Gasteiger partial charge in [-0.05, 0) is 30.0 Å². The maximum atomic E-state index is 10.4. The van der Waals surface area contributed by atoms with Crippen molar-refractivity contribution in [2.75, 3.05) is 5.73 Å². The first-order valence-electron chi connectivity index (χ1n) is 8.96. The first-order valence-corrected chi connectivity index (χ1v) is 8.96. The molecule has 0 spiro atoms. The first kappa shape index (κ1) is 26.5. The number of carboxylic acids is 2. The Labute approximate surface area is 174 Å². The lowest BCUT2D eigenvalue weighted by molar-refractivity contribution is -0.384. The van der Waals surface area contributed by atoms with Crippen LogP contribution in [0.4, 0.5) is 11.4 Å². The Morgan fingerprint density at radius 1 is 0.967 bits per heavy atom. The van der Waals surface area contributed by atoms with E-state index in [1.807, 2.05) is 30.3 Å². The third-order valence-electron chi connectivity index (χ3n) is 3.72. The minimum atomic E-state index is -0.959. The van der Waals surface area contributed by atoms with Gasteiger partial charge in [-0.2, -0.15) is 0 Å². The van der Waals surface area contributed by atoms with Crippen LogP contribution in [0.15, 0.2) is 54.6 Å². The second-order valence-corrected chi connectivity index (χ2v) is 6.59. The Morgan fingerprint density at radius 3 is 1.80 bits per heavy atom. The van der Waals surface area contributed by atoms with E-state index in [9.17, 15) is 19.7 Å². The van der Waals surface area contributed by atoms with E-state index >= 15 is 0 Å². The van der Waals surface area contributed by atoms with Crippen LogP contribution in [-0.2, 0) is 16.0 Å². The number of carbonyl (C=O) groups is 2. The molecule has 2 aromatic rings. The molecule has 2 aromatic carbocycles. The Morgan fingerprint density at radius 2 is 1.47 bits per heavy atom. The summed E-state index contributed by atoms with van der Waals surface area (Å²) >= 11 is 0. The minimum Gasteiger partial charge on any atom is -0.480 e. The summed E-state index contributed by atoms with van der Waals surface area (Å²) < 4.78 is 0. The molecule has 0 aliphatic carbocycles. The van der Waals surface area contributed by atoms with Crippen LogP contribution in [0.5, 0.6) is 0 Å². The van der Waals surface area contributed by atoms with E-state index in [0.29, 0.717) is 12.1 Å². The zero-order valence-corrected chi connectivity index (χ0v) is 16.8. The van der Waals surface area contributed by atoms with Gasteiger partial charge in [0.2, 0.25) is 0 Å². The molecule has 0 aromatic heterocycles. The van der Waals surface area contributed by atoms with Crippen molar-refractivity contribution >= 4 is 23.3 Å². The number of benzene rings is 2. The number of nitrogens with two attached hydrogens (primary N) is 3. The van der Waals surface area contributed by atoms with E-state index in [-0.39, 0.29) is 11.6 Å². The van der Waals surface area contributed by atoms with Crippen molar-refractivity contribution in [3.63, 3.8) is 0 Å². The van der Waals surface area contributed by atoms with E-state index in [1.54, 1.807) is 13.8 Å². The summed E-state index contributed by atoms with van der Waals surface area (Å²) in [4.78, 5) is 30.0. The van der Waals surface area contributed by atoms with Crippen molar-refractivity contribution < 1.29 is 24.7 Å². The van der Waals surface area contributed by atoms with Crippen LogP contribution in [0.25, 0.3) is 0 Å². The molecule has 2 rings (SSSR count). The van der Waals surface area contributed by atoms with Crippen molar-refractivity contribution in [3.8, 4) is 0 Å². The van der Waals surface area contributed by atoms with Gasteiger partial charge >= 0.3 is 11.9 Å². The quantitative estimate of drug-likeness (QED) is 0.263. The molecular weight excluding hydrogens is 392 g/mol. The predicted octanol–water partition coefficient (Wildman–Crippen LogP) is 1.87. The number of anilines is 1. The average molecular weight is 420 g/mol. The van der Waals surface area contributed by atoms with Crippen LogP contribution in [0.3, 0.4) is 0 Å². The highest BCUT2D eigenvalue weighted by atomic mass is 16.6. The summed E-state index contributed by atoms with van der Waals surface area (Å²) in [5, 5.41) is 26.8. The molecule has 0 aliphatic rings. The van der Waals surface area contributed by atoms with Gasteiger partial charge in [-0.3, -0.25) is 19.7 Å². The molecule has 0 fully saturated rings. The highest BCUT2D eigenvalue weighted by molar-refractivity contribution is 5.73. The monoisotopic (exact) mass is 420 g/mol. The van der Waals surface area contributed by atoms with E-state index in [0.717, 1.165) is 5.56 Å². The minimum absolute atomic E-state index is 0.0208. The third-order valence-corrected chi connectivity index (χ3v) is 3.72. The number of carboxylic acid groups (broad SMARTS) is 2. The highest BCUT2D eigenvalue weighted by Gasteiger charge is 2.14. The van der Waals surface area contributed by atoms with E-state index in [2.05, 4.69) is 0 Å². The van der Waals surface area contributed by atoms with E-state index < -0.39 is 28.9 Å². The van der Waals surface area contributed by atoms with Gasteiger partial charge in [0.1, 0.15) is 12.1 Å². The van der Waals surface area contributed by atoms with Gasteiger partial charge in [0.05, 0.1) is 4.92 Å². The summed E-state index contributed by atoms with van der Waals surface area (Å²) in [5.41, 5.74) is 17.4. The number of hydrogen-bond acceptors (Lipinski definition) is 7.